The Morgan fingerprint density at radius 3 is 2.56 bits per heavy atom. The van der Waals surface area contributed by atoms with Crippen molar-refractivity contribution in [1.29, 1.82) is 0 Å². The molecule has 9 heteroatoms. The average Bonchev–Trinajstić information content (AvgIpc) is 3.37. The van der Waals surface area contributed by atoms with Gasteiger partial charge in [0.25, 0.3) is 15.9 Å². The van der Waals surface area contributed by atoms with Gasteiger partial charge in [-0.05, 0) is 67.8 Å². The number of fused-ring (bicyclic) bond motifs is 1. The molecular formula is C23H22N2O5S2. The second-order valence-electron chi connectivity index (χ2n) is 7.28. The van der Waals surface area contributed by atoms with Gasteiger partial charge in [0.15, 0.2) is 0 Å². The molecule has 0 atom stereocenters. The van der Waals surface area contributed by atoms with Crippen LogP contribution < -0.4 is 9.62 Å². The first-order chi connectivity index (χ1) is 15.3. The maximum atomic E-state index is 13.1. The first-order valence-electron chi connectivity index (χ1n) is 10.1. The van der Waals surface area contributed by atoms with Crippen LogP contribution in [0.4, 0.5) is 10.7 Å². The molecule has 1 aliphatic rings. The molecule has 0 unspecified atom stereocenters. The van der Waals surface area contributed by atoms with Gasteiger partial charge in [-0.2, -0.15) is 0 Å². The number of hydrogen-bond acceptors (Lipinski definition) is 6. The number of aryl methyl sites for hydroxylation is 1. The van der Waals surface area contributed by atoms with Gasteiger partial charge in [0.05, 0.1) is 22.2 Å². The van der Waals surface area contributed by atoms with Crippen molar-refractivity contribution in [3.63, 3.8) is 0 Å². The minimum Gasteiger partial charge on any atom is -0.462 e. The highest BCUT2D eigenvalue weighted by Crippen LogP contribution is 2.33. The van der Waals surface area contributed by atoms with Gasteiger partial charge >= 0.3 is 5.97 Å². The third-order valence-corrected chi connectivity index (χ3v) is 8.12. The molecule has 0 saturated heterocycles. The van der Waals surface area contributed by atoms with Gasteiger partial charge in [0.1, 0.15) is 4.88 Å². The van der Waals surface area contributed by atoms with E-state index in [1.54, 1.807) is 26.0 Å². The topological polar surface area (TPSA) is 92.8 Å². The molecule has 0 spiro atoms. The summed E-state index contributed by atoms with van der Waals surface area (Å²) >= 11 is 1.14. The maximum Gasteiger partial charge on any atom is 0.348 e. The van der Waals surface area contributed by atoms with Crippen molar-refractivity contribution in [2.75, 3.05) is 22.8 Å². The molecule has 1 amide bonds. The van der Waals surface area contributed by atoms with Crippen LogP contribution in [-0.2, 0) is 21.2 Å². The zero-order valence-electron chi connectivity index (χ0n) is 17.6. The number of thiophene rings is 1. The fourth-order valence-electron chi connectivity index (χ4n) is 3.59. The fourth-order valence-corrected chi connectivity index (χ4v) is 6.05. The Hall–Kier alpha value is -3.17. The van der Waals surface area contributed by atoms with E-state index in [0.717, 1.165) is 22.5 Å². The van der Waals surface area contributed by atoms with Gasteiger partial charge in [-0.15, -0.1) is 11.3 Å². The molecule has 1 aromatic heterocycles. The number of rotatable bonds is 6. The number of sulfonamides is 1. The van der Waals surface area contributed by atoms with Crippen LogP contribution in [0.25, 0.3) is 0 Å². The minimum atomic E-state index is -3.72. The highest BCUT2D eigenvalue weighted by atomic mass is 32.2. The molecule has 3 aromatic rings. The van der Waals surface area contributed by atoms with Crippen LogP contribution in [0.1, 0.15) is 38.1 Å². The molecule has 0 fully saturated rings. The zero-order valence-corrected chi connectivity index (χ0v) is 19.3. The normalized spacial score (nSPS) is 13.0. The quantitative estimate of drug-likeness (QED) is 0.544. The van der Waals surface area contributed by atoms with Crippen LogP contribution in [0.15, 0.2) is 59.5 Å². The minimum absolute atomic E-state index is 0.127. The molecule has 0 radical (unpaired) electrons. The van der Waals surface area contributed by atoms with E-state index >= 15 is 0 Å². The van der Waals surface area contributed by atoms with E-state index < -0.39 is 21.9 Å². The summed E-state index contributed by atoms with van der Waals surface area (Å²) in [7, 11) is -3.72. The predicted octanol–water partition coefficient (Wildman–Crippen LogP) is 4.24. The van der Waals surface area contributed by atoms with Gasteiger partial charge in [-0.1, -0.05) is 18.2 Å². The molecule has 7 nitrogen and oxygen atoms in total. The number of carbonyl (C=O) groups excluding carboxylic acids is 2. The van der Waals surface area contributed by atoms with Gasteiger partial charge in [0.2, 0.25) is 0 Å². The second kappa shape index (κ2) is 8.76. The molecule has 0 aliphatic carbocycles. The molecular weight excluding hydrogens is 448 g/mol. The summed E-state index contributed by atoms with van der Waals surface area (Å²) in [4.78, 5) is 25.2. The Labute approximate surface area is 190 Å². The van der Waals surface area contributed by atoms with Gasteiger partial charge in [0, 0.05) is 12.1 Å². The smallest absolute Gasteiger partial charge is 0.348 e. The highest BCUT2D eigenvalue weighted by molar-refractivity contribution is 7.92. The number of benzene rings is 2. The van der Waals surface area contributed by atoms with Crippen LogP contribution in [0, 0.1) is 6.92 Å². The molecule has 1 aliphatic heterocycles. The zero-order chi connectivity index (χ0) is 22.9. The number of hydrogen-bond donors (Lipinski definition) is 1. The van der Waals surface area contributed by atoms with E-state index in [2.05, 4.69) is 5.32 Å². The molecule has 4 rings (SSSR count). The number of anilines is 2. The summed E-state index contributed by atoms with van der Waals surface area (Å²) in [5, 5.41) is 3.27. The standard InChI is InChI=1S/C23H22N2O5S2/c1-3-30-23(27)21-15(2)14-20(31-21)24-22(26)17-8-10-18(11-9-17)32(28,29)25-13-12-16-6-4-5-7-19(16)25/h4-11,14H,3,12-13H2,1-2H3,(H,24,26). The van der Waals surface area contributed by atoms with E-state index in [1.165, 1.54) is 28.6 Å². The fraction of sp³-hybridized carbons (Fsp3) is 0.217. The third kappa shape index (κ3) is 4.13. The second-order valence-corrected chi connectivity index (χ2v) is 10.2. The lowest BCUT2D eigenvalue weighted by atomic mass is 10.2. The molecule has 2 aromatic carbocycles. The Morgan fingerprint density at radius 2 is 1.84 bits per heavy atom. The Kier molecular flexibility index (Phi) is 6.03. The van der Waals surface area contributed by atoms with Crippen molar-refractivity contribution in [2.45, 2.75) is 25.2 Å². The van der Waals surface area contributed by atoms with E-state index in [9.17, 15) is 18.0 Å². The summed E-state index contributed by atoms with van der Waals surface area (Å²) < 4.78 is 32.6. The SMILES string of the molecule is CCOC(=O)c1sc(NC(=O)c2ccc(S(=O)(=O)N3CCc4ccccc43)cc2)cc1C. The van der Waals surface area contributed by atoms with Crippen molar-refractivity contribution < 1.29 is 22.7 Å². The first-order valence-corrected chi connectivity index (χ1v) is 12.4. The van der Waals surface area contributed by atoms with Crippen LogP contribution >= 0.6 is 11.3 Å². The lowest BCUT2D eigenvalue weighted by molar-refractivity contribution is 0.0531. The maximum absolute atomic E-state index is 13.1. The third-order valence-electron chi connectivity index (χ3n) is 5.16. The van der Waals surface area contributed by atoms with E-state index in [0.29, 0.717) is 34.1 Å². The van der Waals surface area contributed by atoms with Gasteiger partial charge in [-0.3, -0.25) is 9.10 Å². The number of esters is 1. The van der Waals surface area contributed by atoms with Crippen molar-refractivity contribution >= 4 is 43.9 Å². The van der Waals surface area contributed by atoms with Crippen molar-refractivity contribution in [1.82, 2.24) is 0 Å². The van der Waals surface area contributed by atoms with Crippen molar-refractivity contribution in [3.8, 4) is 0 Å². The van der Waals surface area contributed by atoms with Crippen molar-refractivity contribution in [3.05, 3.63) is 76.2 Å². The van der Waals surface area contributed by atoms with Crippen LogP contribution in [0.2, 0.25) is 0 Å². The molecule has 0 saturated carbocycles. The first kappa shape index (κ1) is 22.0. The number of para-hydroxylation sites is 1. The number of nitrogens with one attached hydrogen (secondary N) is 1. The predicted molar refractivity (Wildman–Crippen MR) is 124 cm³/mol. The van der Waals surface area contributed by atoms with Crippen LogP contribution in [0.3, 0.4) is 0 Å². The van der Waals surface area contributed by atoms with Crippen molar-refractivity contribution in [2.24, 2.45) is 0 Å². The number of ether oxygens (including phenoxy) is 1. The number of nitrogens with zero attached hydrogens (tertiary/aromatic N) is 1. The van der Waals surface area contributed by atoms with E-state index in [4.69, 9.17) is 4.74 Å². The highest BCUT2D eigenvalue weighted by Gasteiger charge is 2.30. The lowest BCUT2D eigenvalue weighted by Crippen LogP contribution is -2.29. The summed E-state index contributed by atoms with van der Waals surface area (Å²) in [6, 6.07) is 15.0. The summed E-state index contributed by atoms with van der Waals surface area (Å²) in [5.41, 5.74) is 2.73. The van der Waals surface area contributed by atoms with E-state index in [-0.39, 0.29) is 11.5 Å². The molecule has 0 bridgehead atoms. The Morgan fingerprint density at radius 1 is 1.12 bits per heavy atom. The van der Waals surface area contributed by atoms with Crippen LogP contribution in [-0.4, -0.2) is 33.4 Å². The largest absolute Gasteiger partial charge is 0.462 e. The average molecular weight is 471 g/mol. The number of carbonyl (C=O) groups is 2. The summed E-state index contributed by atoms with van der Waals surface area (Å²) in [6.45, 7) is 4.17. The Bertz CT molecular complexity index is 1280. The monoisotopic (exact) mass is 470 g/mol. The molecule has 32 heavy (non-hydrogen) atoms. The summed E-state index contributed by atoms with van der Waals surface area (Å²) in [6.07, 6.45) is 0.671. The van der Waals surface area contributed by atoms with E-state index in [1.807, 2.05) is 18.2 Å². The van der Waals surface area contributed by atoms with Crippen LogP contribution in [0.5, 0.6) is 0 Å². The molecule has 2 heterocycles. The Balaban J connectivity index is 1.50. The molecule has 166 valence electrons. The summed E-state index contributed by atoms with van der Waals surface area (Å²) in [5.74, 6) is -0.814. The molecule has 1 N–H and O–H groups in total. The van der Waals surface area contributed by atoms with Gasteiger partial charge < -0.3 is 10.1 Å². The lowest BCUT2D eigenvalue weighted by Gasteiger charge is -2.19. The van der Waals surface area contributed by atoms with Gasteiger partial charge in [-0.25, -0.2) is 13.2 Å². The number of amides is 1.